The molecule has 1 aromatic carbocycles. The number of hydrogen-bond donors (Lipinski definition) is 1. The molecule has 5 nitrogen and oxygen atoms in total. The van der Waals surface area contributed by atoms with Crippen LogP contribution in [0.3, 0.4) is 0 Å². The molecule has 0 spiro atoms. The summed E-state index contributed by atoms with van der Waals surface area (Å²) in [6.07, 6.45) is -0.272. The third-order valence-corrected chi connectivity index (χ3v) is 3.74. The SMILES string of the molecule is CCOc1ccccc1C(C)NCCN(C(=O)OC(C)(C)C)C(C)C. The highest BCUT2D eigenvalue weighted by atomic mass is 16.6. The van der Waals surface area contributed by atoms with E-state index in [-0.39, 0.29) is 18.2 Å². The zero-order chi connectivity index (χ0) is 19.0. The second-order valence-corrected chi connectivity index (χ2v) is 7.41. The van der Waals surface area contributed by atoms with Gasteiger partial charge in [0.2, 0.25) is 0 Å². The molecule has 1 unspecified atom stereocenters. The third-order valence-electron chi connectivity index (χ3n) is 3.74. The zero-order valence-electron chi connectivity index (χ0n) is 16.8. The van der Waals surface area contributed by atoms with Gasteiger partial charge in [-0.25, -0.2) is 4.79 Å². The van der Waals surface area contributed by atoms with Gasteiger partial charge in [-0.15, -0.1) is 0 Å². The first-order valence-electron chi connectivity index (χ1n) is 9.10. The first kappa shape index (κ1) is 21.3. The average molecular weight is 351 g/mol. The second kappa shape index (κ2) is 9.66. The van der Waals surface area contributed by atoms with Gasteiger partial charge in [0.25, 0.3) is 0 Å². The fourth-order valence-electron chi connectivity index (χ4n) is 2.52. The zero-order valence-corrected chi connectivity index (χ0v) is 16.8. The lowest BCUT2D eigenvalue weighted by Gasteiger charge is -2.30. The number of carbonyl (C=O) groups is 1. The molecule has 142 valence electrons. The molecule has 1 atom stereocenters. The molecule has 0 bridgehead atoms. The van der Waals surface area contributed by atoms with E-state index in [1.54, 1.807) is 4.90 Å². The summed E-state index contributed by atoms with van der Waals surface area (Å²) in [5, 5.41) is 3.47. The molecule has 0 heterocycles. The molecule has 0 saturated carbocycles. The standard InChI is InChI=1S/C20H34N2O3/c1-8-24-18-12-10-9-11-17(18)16(4)21-13-14-22(15(2)3)19(23)25-20(5,6)7/h9-12,15-16,21H,8,13-14H2,1-7H3. The minimum absolute atomic E-state index is 0.0858. The number of para-hydroxylation sites is 1. The molecule has 0 aliphatic carbocycles. The van der Waals surface area contributed by atoms with Crippen LogP contribution in [0.25, 0.3) is 0 Å². The first-order chi connectivity index (χ1) is 11.7. The Hall–Kier alpha value is -1.75. The van der Waals surface area contributed by atoms with Gasteiger partial charge in [0.1, 0.15) is 11.4 Å². The van der Waals surface area contributed by atoms with Gasteiger partial charge < -0.3 is 19.7 Å². The van der Waals surface area contributed by atoms with Crippen molar-refractivity contribution in [3.05, 3.63) is 29.8 Å². The van der Waals surface area contributed by atoms with Gasteiger partial charge in [0.05, 0.1) is 6.61 Å². The van der Waals surface area contributed by atoms with E-state index in [4.69, 9.17) is 9.47 Å². The molecule has 0 saturated heterocycles. The summed E-state index contributed by atoms with van der Waals surface area (Å²) in [4.78, 5) is 14.1. The summed E-state index contributed by atoms with van der Waals surface area (Å²) in [5.41, 5.74) is 0.638. The van der Waals surface area contributed by atoms with E-state index in [1.807, 2.05) is 59.7 Å². The Labute approximate surface area is 152 Å². The van der Waals surface area contributed by atoms with E-state index in [2.05, 4.69) is 18.3 Å². The minimum atomic E-state index is -0.485. The Bertz CT molecular complexity index is 538. The van der Waals surface area contributed by atoms with Crippen molar-refractivity contribution in [2.24, 2.45) is 0 Å². The van der Waals surface area contributed by atoms with Crippen molar-refractivity contribution < 1.29 is 14.3 Å². The number of carbonyl (C=O) groups excluding carboxylic acids is 1. The van der Waals surface area contributed by atoms with Crippen LogP contribution in [0.2, 0.25) is 0 Å². The van der Waals surface area contributed by atoms with Crippen LogP contribution in [-0.4, -0.2) is 42.3 Å². The normalized spacial score (nSPS) is 12.8. The maximum absolute atomic E-state index is 12.3. The molecular weight excluding hydrogens is 316 g/mol. The topological polar surface area (TPSA) is 50.8 Å². The minimum Gasteiger partial charge on any atom is -0.494 e. The van der Waals surface area contributed by atoms with Gasteiger partial charge in [0.15, 0.2) is 0 Å². The lowest BCUT2D eigenvalue weighted by molar-refractivity contribution is 0.0192. The van der Waals surface area contributed by atoms with E-state index in [0.717, 1.165) is 11.3 Å². The lowest BCUT2D eigenvalue weighted by atomic mass is 10.1. The summed E-state index contributed by atoms with van der Waals surface area (Å²) in [7, 11) is 0. The third kappa shape index (κ3) is 7.34. The Balaban J connectivity index is 2.63. The van der Waals surface area contributed by atoms with Crippen molar-refractivity contribution in [3.63, 3.8) is 0 Å². The highest BCUT2D eigenvalue weighted by Gasteiger charge is 2.24. The molecule has 1 rings (SSSR count). The van der Waals surface area contributed by atoms with Crippen molar-refractivity contribution >= 4 is 6.09 Å². The van der Waals surface area contributed by atoms with Gasteiger partial charge in [-0.1, -0.05) is 18.2 Å². The summed E-state index contributed by atoms with van der Waals surface area (Å²) in [6, 6.07) is 8.26. The van der Waals surface area contributed by atoms with Crippen LogP contribution in [0.5, 0.6) is 5.75 Å². The summed E-state index contributed by atoms with van der Waals surface area (Å²) < 4.78 is 11.2. The van der Waals surface area contributed by atoms with Crippen LogP contribution in [0, 0.1) is 0 Å². The Kier molecular flexibility index (Phi) is 8.23. The molecule has 1 aromatic rings. The van der Waals surface area contributed by atoms with Gasteiger partial charge in [0, 0.05) is 30.7 Å². The largest absolute Gasteiger partial charge is 0.494 e. The van der Waals surface area contributed by atoms with Crippen LogP contribution in [0.15, 0.2) is 24.3 Å². The second-order valence-electron chi connectivity index (χ2n) is 7.41. The number of amides is 1. The molecule has 0 aliphatic rings. The van der Waals surface area contributed by atoms with E-state index < -0.39 is 5.60 Å². The predicted molar refractivity (Wildman–Crippen MR) is 102 cm³/mol. The van der Waals surface area contributed by atoms with Crippen molar-refractivity contribution in [2.45, 2.75) is 66.2 Å². The van der Waals surface area contributed by atoms with Gasteiger partial charge in [-0.2, -0.15) is 0 Å². The molecule has 0 aliphatic heterocycles. The Morgan fingerprint density at radius 1 is 1.20 bits per heavy atom. The number of rotatable bonds is 8. The Morgan fingerprint density at radius 2 is 1.84 bits per heavy atom. The van der Waals surface area contributed by atoms with Crippen molar-refractivity contribution in [2.75, 3.05) is 19.7 Å². The van der Waals surface area contributed by atoms with Crippen LogP contribution < -0.4 is 10.1 Å². The summed E-state index contributed by atoms with van der Waals surface area (Å²) >= 11 is 0. The van der Waals surface area contributed by atoms with Crippen molar-refractivity contribution in [1.82, 2.24) is 10.2 Å². The predicted octanol–water partition coefficient (Wildman–Crippen LogP) is 4.38. The highest BCUT2D eigenvalue weighted by Crippen LogP contribution is 2.24. The Morgan fingerprint density at radius 3 is 2.40 bits per heavy atom. The van der Waals surface area contributed by atoms with Crippen molar-refractivity contribution in [1.29, 1.82) is 0 Å². The molecule has 0 radical (unpaired) electrons. The number of nitrogens with zero attached hydrogens (tertiary/aromatic N) is 1. The maximum atomic E-state index is 12.3. The first-order valence-corrected chi connectivity index (χ1v) is 9.10. The van der Waals surface area contributed by atoms with E-state index >= 15 is 0 Å². The average Bonchev–Trinajstić information content (AvgIpc) is 2.50. The molecule has 0 fully saturated rings. The van der Waals surface area contributed by atoms with E-state index in [9.17, 15) is 4.79 Å². The number of hydrogen-bond acceptors (Lipinski definition) is 4. The van der Waals surface area contributed by atoms with E-state index in [0.29, 0.717) is 19.7 Å². The quantitative estimate of drug-likeness (QED) is 0.756. The smallest absolute Gasteiger partial charge is 0.410 e. The molecule has 5 heteroatoms. The highest BCUT2D eigenvalue weighted by molar-refractivity contribution is 5.68. The lowest BCUT2D eigenvalue weighted by Crippen LogP contribution is -2.44. The molecule has 25 heavy (non-hydrogen) atoms. The number of ether oxygens (including phenoxy) is 2. The van der Waals surface area contributed by atoms with Gasteiger partial charge >= 0.3 is 6.09 Å². The molecule has 1 amide bonds. The molecular formula is C20H34N2O3. The van der Waals surface area contributed by atoms with Gasteiger partial charge in [-0.3, -0.25) is 0 Å². The fourth-order valence-corrected chi connectivity index (χ4v) is 2.52. The maximum Gasteiger partial charge on any atom is 0.410 e. The molecule has 1 N–H and O–H groups in total. The van der Waals surface area contributed by atoms with Crippen LogP contribution >= 0.6 is 0 Å². The van der Waals surface area contributed by atoms with E-state index in [1.165, 1.54) is 0 Å². The van der Waals surface area contributed by atoms with Crippen molar-refractivity contribution in [3.8, 4) is 5.75 Å². The summed E-state index contributed by atoms with van der Waals surface area (Å²) in [5.74, 6) is 0.901. The number of nitrogens with one attached hydrogen (secondary N) is 1. The van der Waals surface area contributed by atoms with Crippen LogP contribution in [-0.2, 0) is 4.74 Å². The monoisotopic (exact) mass is 350 g/mol. The number of benzene rings is 1. The van der Waals surface area contributed by atoms with Gasteiger partial charge in [-0.05, 0) is 54.5 Å². The fraction of sp³-hybridized carbons (Fsp3) is 0.650. The van der Waals surface area contributed by atoms with Crippen LogP contribution in [0.4, 0.5) is 4.79 Å². The summed E-state index contributed by atoms with van der Waals surface area (Å²) in [6.45, 7) is 15.6. The van der Waals surface area contributed by atoms with Crippen LogP contribution in [0.1, 0.15) is 60.1 Å². The molecule has 0 aromatic heterocycles.